The molecule has 4 nitrogen and oxygen atoms in total. The molecule has 2 amide bonds. The first-order chi connectivity index (χ1) is 10.2. The van der Waals surface area contributed by atoms with E-state index in [0.29, 0.717) is 11.3 Å². The number of amides is 2. The van der Waals surface area contributed by atoms with Crippen LogP contribution in [-0.4, -0.2) is 18.0 Å². The fourth-order valence-electron chi connectivity index (χ4n) is 1.51. The van der Waals surface area contributed by atoms with Crippen LogP contribution in [-0.2, 0) is 16.1 Å². The molecule has 0 saturated carbocycles. The second-order valence-corrected chi connectivity index (χ2v) is 4.97. The van der Waals surface area contributed by atoms with Gasteiger partial charge in [0.15, 0.2) is 0 Å². The van der Waals surface area contributed by atoms with Crippen molar-refractivity contribution in [3.63, 3.8) is 0 Å². The first kappa shape index (κ1) is 17.7. The summed E-state index contributed by atoms with van der Waals surface area (Å²) in [6.45, 7) is 3.57. The van der Waals surface area contributed by atoms with Crippen LogP contribution in [0.3, 0.4) is 0 Å². The number of benzene rings is 1. The molecule has 22 heavy (non-hydrogen) atoms. The summed E-state index contributed by atoms with van der Waals surface area (Å²) in [5.41, 5.74) is 0.889. The summed E-state index contributed by atoms with van der Waals surface area (Å²) in [5, 5.41) is 4.36. The molecule has 1 rings (SSSR count). The first-order valence-electron chi connectivity index (χ1n) is 6.61. The monoisotopic (exact) mass is 314 g/mol. The number of carbonyl (C=O) groups is 2. The standard InChI is InChI=1S/C15H17F3N2O2/c1-10(2)6-7-13(21)20-12-5-3-4-11(8-12)9-19-14(22)15(16,17)18/h3-8,10H,9H2,1-2H3,(H,19,22)(H,20,21)/b7-6+. The molecule has 0 aliphatic carbocycles. The quantitative estimate of drug-likeness (QED) is 0.821. The van der Waals surface area contributed by atoms with Crippen LogP contribution in [0.25, 0.3) is 0 Å². The van der Waals surface area contributed by atoms with Gasteiger partial charge >= 0.3 is 12.1 Å². The average Bonchev–Trinajstić information content (AvgIpc) is 2.42. The number of anilines is 1. The lowest BCUT2D eigenvalue weighted by Gasteiger charge is -2.09. The predicted molar refractivity (Wildman–Crippen MR) is 77.0 cm³/mol. The van der Waals surface area contributed by atoms with Gasteiger partial charge in [-0.3, -0.25) is 9.59 Å². The second-order valence-electron chi connectivity index (χ2n) is 4.97. The van der Waals surface area contributed by atoms with Crippen LogP contribution in [0, 0.1) is 5.92 Å². The molecule has 0 unspecified atom stereocenters. The number of nitrogens with one attached hydrogen (secondary N) is 2. The molecular formula is C15H17F3N2O2. The molecule has 0 aliphatic rings. The SMILES string of the molecule is CC(C)/C=C/C(=O)Nc1cccc(CNC(=O)C(F)(F)F)c1. The summed E-state index contributed by atoms with van der Waals surface area (Å²) in [6.07, 6.45) is -1.79. The van der Waals surface area contributed by atoms with Gasteiger partial charge in [-0.05, 0) is 29.7 Å². The second kappa shape index (κ2) is 7.63. The normalized spacial score (nSPS) is 11.7. The molecule has 0 bridgehead atoms. The average molecular weight is 314 g/mol. The van der Waals surface area contributed by atoms with Gasteiger partial charge in [0.25, 0.3) is 0 Å². The smallest absolute Gasteiger partial charge is 0.344 e. The molecule has 0 heterocycles. The van der Waals surface area contributed by atoms with Gasteiger partial charge in [0, 0.05) is 12.2 Å². The molecule has 0 spiro atoms. The van der Waals surface area contributed by atoms with E-state index in [9.17, 15) is 22.8 Å². The van der Waals surface area contributed by atoms with E-state index >= 15 is 0 Å². The Hall–Kier alpha value is -2.31. The molecule has 0 radical (unpaired) electrons. The number of carbonyl (C=O) groups excluding carboxylic acids is 2. The molecule has 0 aliphatic heterocycles. The van der Waals surface area contributed by atoms with Gasteiger partial charge in [-0.15, -0.1) is 0 Å². The van der Waals surface area contributed by atoms with E-state index in [0.717, 1.165) is 0 Å². The number of rotatable bonds is 5. The summed E-state index contributed by atoms with van der Waals surface area (Å²) in [4.78, 5) is 22.3. The van der Waals surface area contributed by atoms with Crippen molar-refractivity contribution in [1.29, 1.82) is 0 Å². The van der Waals surface area contributed by atoms with Crippen LogP contribution < -0.4 is 10.6 Å². The predicted octanol–water partition coefficient (Wildman–Crippen LogP) is 3.02. The van der Waals surface area contributed by atoms with Gasteiger partial charge in [-0.25, -0.2) is 0 Å². The van der Waals surface area contributed by atoms with Gasteiger partial charge in [0.1, 0.15) is 0 Å². The Bertz CT molecular complexity index is 566. The van der Waals surface area contributed by atoms with Gasteiger partial charge in [-0.1, -0.05) is 32.1 Å². The summed E-state index contributed by atoms with van der Waals surface area (Å²) in [6, 6.07) is 6.24. The van der Waals surface area contributed by atoms with E-state index in [-0.39, 0.29) is 18.4 Å². The summed E-state index contributed by atoms with van der Waals surface area (Å²) in [5.74, 6) is -2.10. The summed E-state index contributed by atoms with van der Waals surface area (Å²) < 4.78 is 36.2. The van der Waals surface area contributed by atoms with Crippen LogP contribution in [0.2, 0.25) is 0 Å². The third-order valence-corrected chi connectivity index (χ3v) is 2.54. The minimum Gasteiger partial charge on any atom is -0.344 e. The van der Waals surface area contributed by atoms with E-state index in [4.69, 9.17) is 0 Å². The van der Waals surface area contributed by atoms with E-state index < -0.39 is 12.1 Å². The molecule has 0 aromatic heterocycles. The van der Waals surface area contributed by atoms with E-state index in [1.165, 1.54) is 12.1 Å². The van der Waals surface area contributed by atoms with Crippen molar-refractivity contribution in [2.24, 2.45) is 5.92 Å². The summed E-state index contributed by atoms with van der Waals surface area (Å²) in [7, 11) is 0. The van der Waals surface area contributed by atoms with Gasteiger partial charge in [-0.2, -0.15) is 13.2 Å². The van der Waals surface area contributed by atoms with E-state index in [2.05, 4.69) is 5.32 Å². The Morgan fingerprint density at radius 1 is 1.27 bits per heavy atom. The molecule has 1 aromatic carbocycles. The van der Waals surface area contributed by atoms with Crippen molar-refractivity contribution in [2.45, 2.75) is 26.6 Å². The number of allylic oxidation sites excluding steroid dienone is 1. The maximum atomic E-state index is 12.1. The van der Waals surface area contributed by atoms with Crippen LogP contribution in [0.5, 0.6) is 0 Å². The molecular weight excluding hydrogens is 297 g/mol. The fraction of sp³-hybridized carbons (Fsp3) is 0.333. The van der Waals surface area contributed by atoms with E-state index in [1.54, 1.807) is 29.6 Å². The van der Waals surface area contributed by atoms with Crippen LogP contribution in [0.15, 0.2) is 36.4 Å². The number of hydrogen-bond acceptors (Lipinski definition) is 2. The van der Waals surface area contributed by atoms with E-state index in [1.807, 2.05) is 13.8 Å². The lowest BCUT2D eigenvalue weighted by atomic mass is 10.2. The molecule has 120 valence electrons. The van der Waals surface area contributed by atoms with Crippen LogP contribution in [0.1, 0.15) is 19.4 Å². The Balaban J connectivity index is 2.63. The van der Waals surface area contributed by atoms with Gasteiger partial charge in [0.2, 0.25) is 5.91 Å². The zero-order chi connectivity index (χ0) is 16.8. The lowest BCUT2D eigenvalue weighted by molar-refractivity contribution is -0.173. The Morgan fingerprint density at radius 3 is 2.55 bits per heavy atom. The highest BCUT2D eigenvalue weighted by Crippen LogP contribution is 2.15. The number of hydrogen-bond donors (Lipinski definition) is 2. The van der Waals surface area contributed by atoms with Crippen LogP contribution >= 0.6 is 0 Å². The highest BCUT2D eigenvalue weighted by Gasteiger charge is 2.38. The number of alkyl halides is 3. The van der Waals surface area contributed by atoms with Crippen molar-refractivity contribution < 1.29 is 22.8 Å². The zero-order valence-corrected chi connectivity index (χ0v) is 12.2. The van der Waals surface area contributed by atoms with Crippen molar-refractivity contribution in [3.05, 3.63) is 42.0 Å². The topological polar surface area (TPSA) is 58.2 Å². The molecule has 0 atom stereocenters. The van der Waals surface area contributed by atoms with Crippen molar-refractivity contribution in [3.8, 4) is 0 Å². The molecule has 0 saturated heterocycles. The minimum atomic E-state index is -4.91. The third kappa shape index (κ3) is 6.43. The van der Waals surface area contributed by atoms with Crippen LogP contribution in [0.4, 0.5) is 18.9 Å². The number of halogens is 3. The zero-order valence-electron chi connectivity index (χ0n) is 12.2. The Kier molecular flexibility index (Phi) is 6.15. The molecule has 0 fully saturated rings. The summed E-state index contributed by atoms with van der Waals surface area (Å²) >= 11 is 0. The molecule has 7 heteroatoms. The Labute approximate surface area is 126 Å². The van der Waals surface area contributed by atoms with Crippen molar-refractivity contribution >= 4 is 17.5 Å². The highest BCUT2D eigenvalue weighted by molar-refractivity contribution is 5.99. The minimum absolute atomic E-state index is 0.231. The maximum absolute atomic E-state index is 12.1. The van der Waals surface area contributed by atoms with Crippen molar-refractivity contribution in [1.82, 2.24) is 5.32 Å². The Morgan fingerprint density at radius 2 is 1.95 bits per heavy atom. The molecule has 2 N–H and O–H groups in total. The van der Waals surface area contributed by atoms with Gasteiger partial charge in [0.05, 0.1) is 0 Å². The third-order valence-electron chi connectivity index (χ3n) is 2.54. The largest absolute Gasteiger partial charge is 0.471 e. The fourth-order valence-corrected chi connectivity index (χ4v) is 1.51. The van der Waals surface area contributed by atoms with Crippen molar-refractivity contribution in [2.75, 3.05) is 5.32 Å². The lowest BCUT2D eigenvalue weighted by Crippen LogP contribution is -2.36. The van der Waals surface area contributed by atoms with Gasteiger partial charge < -0.3 is 10.6 Å². The maximum Gasteiger partial charge on any atom is 0.471 e. The molecule has 1 aromatic rings. The first-order valence-corrected chi connectivity index (χ1v) is 6.61. The highest BCUT2D eigenvalue weighted by atomic mass is 19.4.